The number of nitro benzene ring substituents is 1. The molecule has 6 aliphatic rings. The normalized spacial score (nSPS) is 42.5. The van der Waals surface area contributed by atoms with Gasteiger partial charge in [0.25, 0.3) is 5.69 Å². The molecule has 1 aromatic rings. The van der Waals surface area contributed by atoms with Crippen molar-refractivity contribution in [3.8, 4) is 0 Å². The van der Waals surface area contributed by atoms with Gasteiger partial charge in [-0.05, 0) is 123 Å². The van der Waals surface area contributed by atoms with Crippen LogP contribution >= 0.6 is 0 Å². The summed E-state index contributed by atoms with van der Waals surface area (Å²) in [5.41, 5.74) is 2.35. The Balaban J connectivity index is 1.15. The van der Waals surface area contributed by atoms with E-state index >= 15 is 0 Å². The van der Waals surface area contributed by atoms with Crippen LogP contribution in [0.25, 0.3) is 0 Å². The van der Waals surface area contributed by atoms with Gasteiger partial charge < -0.3 is 9.80 Å². The zero-order chi connectivity index (χ0) is 33.7. The molecule has 0 N–H and O–H groups in total. The summed E-state index contributed by atoms with van der Waals surface area (Å²) in [6.45, 7) is 21.9. The van der Waals surface area contributed by atoms with Crippen molar-refractivity contribution >= 4 is 23.1 Å². The predicted octanol–water partition coefficient (Wildman–Crippen LogP) is 8.47. The zero-order valence-corrected chi connectivity index (χ0v) is 29.8. The number of ketones is 1. The average molecular weight is 644 g/mol. The van der Waals surface area contributed by atoms with Crippen molar-refractivity contribution < 1.29 is 14.5 Å². The molecule has 7 nitrogen and oxygen atoms in total. The minimum Gasteiger partial charge on any atom is -0.368 e. The predicted molar refractivity (Wildman–Crippen MR) is 186 cm³/mol. The van der Waals surface area contributed by atoms with Gasteiger partial charge in [0.15, 0.2) is 0 Å². The highest BCUT2D eigenvalue weighted by Crippen LogP contribution is 2.77. The van der Waals surface area contributed by atoms with Crippen LogP contribution in [-0.4, -0.2) is 47.7 Å². The fourth-order valence-corrected chi connectivity index (χ4v) is 13.6. The SMILES string of the molecule is C=C(C)[C@@H]1CC[C@]2(C(=O)N3CCN(c4ccc([N+](=O)[O-])cc4)CC3)CC[C@]3(C)C(CC[C@@H]4[C@@]5(C)CCC(=O)C(C)(C)C5CC[C@]43C)[C@@H]12. The number of carbonyl (C=O) groups excluding carboxylic acids is 2. The lowest BCUT2D eigenvalue weighted by molar-refractivity contribution is -0.384. The van der Waals surface area contributed by atoms with Crippen molar-refractivity contribution in [3.63, 3.8) is 0 Å². The van der Waals surface area contributed by atoms with Crippen LogP contribution in [0.15, 0.2) is 36.4 Å². The van der Waals surface area contributed by atoms with Crippen LogP contribution in [0, 0.1) is 66.8 Å². The molecule has 6 fully saturated rings. The van der Waals surface area contributed by atoms with E-state index in [1.54, 1.807) is 12.1 Å². The number of allylic oxidation sites excluding steroid dienone is 1. The molecule has 0 aromatic heterocycles. The van der Waals surface area contributed by atoms with E-state index in [1.165, 1.54) is 24.8 Å². The fraction of sp³-hybridized carbons (Fsp3) is 0.750. The molecule has 0 radical (unpaired) electrons. The first-order valence-corrected chi connectivity index (χ1v) is 18.6. The maximum Gasteiger partial charge on any atom is 0.269 e. The van der Waals surface area contributed by atoms with E-state index < -0.39 is 0 Å². The maximum absolute atomic E-state index is 14.9. The van der Waals surface area contributed by atoms with Gasteiger partial charge in [-0.3, -0.25) is 19.7 Å². The standard InChI is InChI=1S/C40H57N3O4/c1-26(2)29-14-19-40(35(45)42-24-22-41(23-25-42)27-8-10-28(11-9-27)43(46)47)21-20-38(6)30(34(29)40)12-13-32-37(5)17-16-33(44)36(3,4)31(37)15-18-39(32,38)7/h8-11,29-32,34H,1,12-25H2,2-7H3/t29-,30?,31?,32+,34+,37-,38+,39+,40-/m0/s1. The second-order valence-corrected chi connectivity index (χ2v) is 18.0. The summed E-state index contributed by atoms with van der Waals surface area (Å²) in [6, 6.07) is 6.81. The molecule has 1 heterocycles. The molecule has 7 heteroatoms. The van der Waals surface area contributed by atoms with E-state index in [4.69, 9.17) is 0 Å². The van der Waals surface area contributed by atoms with Crippen molar-refractivity contribution in [2.24, 2.45) is 56.7 Å². The van der Waals surface area contributed by atoms with E-state index in [9.17, 15) is 19.7 Å². The number of carbonyl (C=O) groups is 2. The number of Topliss-reactive ketones (excluding diaryl/α,β-unsaturated/α-hetero) is 1. The Hall–Kier alpha value is -2.70. The summed E-state index contributed by atoms with van der Waals surface area (Å²) in [6.07, 6.45) is 10.6. The summed E-state index contributed by atoms with van der Waals surface area (Å²) < 4.78 is 0. The van der Waals surface area contributed by atoms with Crippen LogP contribution in [0.4, 0.5) is 11.4 Å². The largest absolute Gasteiger partial charge is 0.368 e. The number of non-ortho nitro benzene ring substituents is 1. The smallest absolute Gasteiger partial charge is 0.269 e. The number of nitrogens with zero attached hydrogens (tertiary/aromatic N) is 3. The first-order valence-electron chi connectivity index (χ1n) is 18.6. The summed E-state index contributed by atoms with van der Waals surface area (Å²) >= 11 is 0. The van der Waals surface area contributed by atoms with Crippen LogP contribution < -0.4 is 4.90 Å². The Kier molecular flexibility index (Phi) is 7.61. The Bertz CT molecular complexity index is 1480. The molecule has 1 aromatic carbocycles. The van der Waals surface area contributed by atoms with Gasteiger partial charge in [0.1, 0.15) is 5.78 Å². The molecule has 1 aliphatic heterocycles. The van der Waals surface area contributed by atoms with E-state index in [0.29, 0.717) is 54.4 Å². The number of nitro groups is 1. The minimum absolute atomic E-state index is 0.105. The average Bonchev–Trinajstić information content (AvgIpc) is 3.44. The summed E-state index contributed by atoms with van der Waals surface area (Å²) in [4.78, 5) is 43.3. The number of amides is 1. The second-order valence-electron chi connectivity index (χ2n) is 18.0. The zero-order valence-electron chi connectivity index (χ0n) is 29.8. The molecule has 47 heavy (non-hydrogen) atoms. The lowest BCUT2D eigenvalue weighted by atomic mass is 9.32. The van der Waals surface area contributed by atoms with E-state index in [2.05, 4.69) is 57.9 Å². The molecule has 2 unspecified atom stereocenters. The molecule has 1 amide bonds. The minimum atomic E-state index is -0.359. The van der Waals surface area contributed by atoms with Gasteiger partial charge in [-0.1, -0.05) is 46.8 Å². The molecule has 1 saturated heterocycles. The lowest BCUT2D eigenvalue weighted by Gasteiger charge is -2.72. The van der Waals surface area contributed by atoms with Crippen LogP contribution in [-0.2, 0) is 9.59 Å². The topological polar surface area (TPSA) is 83.8 Å². The molecular weight excluding hydrogens is 586 g/mol. The monoisotopic (exact) mass is 643 g/mol. The van der Waals surface area contributed by atoms with Crippen molar-refractivity contribution in [1.82, 2.24) is 4.90 Å². The van der Waals surface area contributed by atoms with Gasteiger partial charge in [-0.25, -0.2) is 0 Å². The Morgan fingerprint density at radius 3 is 2.17 bits per heavy atom. The van der Waals surface area contributed by atoms with Gasteiger partial charge in [-0.15, -0.1) is 0 Å². The van der Waals surface area contributed by atoms with Crippen molar-refractivity contribution in [2.75, 3.05) is 31.1 Å². The molecule has 5 saturated carbocycles. The molecule has 0 spiro atoms. The third-order valence-electron chi connectivity index (χ3n) is 16.2. The summed E-state index contributed by atoms with van der Waals surface area (Å²) in [7, 11) is 0. The molecule has 9 atom stereocenters. The Morgan fingerprint density at radius 2 is 1.53 bits per heavy atom. The molecule has 5 aliphatic carbocycles. The van der Waals surface area contributed by atoms with Crippen molar-refractivity contribution in [1.29, 1.82) is 0 Å². The third kappa shape index (κ3) is 4.49. The van der Waals surface area contributed by atoms with Crippen molar-refractivity contribution in [2.45, 2.75) is 106 Å². The number of hydrogen-bond donors (Lipinski definition) is 0. The first-order chi connectivity index (χ1) is 22.1. The number of rotatable bonds is 4. The highest BCUT2D eigenvalue weighted by molar-refractivity contribution is 5.86. The van der Waals surface area contributed by atoms with Gasteiger partial charge in [0.05, 0.1) is 10.3 Å². The quantitative estimate of drug-likeness (QED) is 0.187. The van der Waals surface area contributed by atoms with Crippen molar-refractivity contribution in [3.05, 3.63) is 46.5 Å². The molecule has 256 valence electrons. The van der Waals surface area contributed by atoms with Crippen LogP contribution in [0.2, 0.25) is 0 Å². The Labute approximate surface area is 282 Å². The summed E-state index contributed by atoms with van der Waals surface area (Å²) in [5, 5.41) is 11.1. The Morgan fingerprint density at radius 1 is 0.851 bits per heavy atom. The second kappa shape index (κ2) is 10.9. The van der Waals surface area contributed by atoms with E-state index in [0.717, 1.165) is 63.7 Å². The maximum atomic E-state index is 14.9. The van der Waals surface area contributed by atoms with Crippen LogP contribution in [0.5, 0.6) is 0 Å². The molecule has 7 rings (SSSR count). The van der Waals surface area contributed by atoms with Gasteiger partial charge in [0, 0.05) is 55.8 Å². The number of anilines is 1. The first kappa shape index (κ1) is 32.8. The number of hydrogen-bond acceptors (Lipinski definition) is 5. The van der Waals surface area contributed by atoms with Gasteiger partial charge >= 0.3 is 0 Å². The molecular formula is C40H57N3O4. The number of fused-ring (bicyclic) bond motifs is 7. The van der Waals surface area contributed by atoms with E-state index in [-0.39, 0.29) is 37.7 Å². The highest BCUT2D eigenvalue weighted by Gasteiger charge is 2.72. The van der Waals surface area contributed by atoms with Gasteiger partial charge in [-0.2, -0.15) is 0 Å². The molecule has 0 bridgehead atoms. The number of piperazine rings is 1. The summed E-state index contributed by atoms with van der Waals surface area (Å²) in [5.74, 6) is 3.15. The lowest BCUT2D eigenvalue weighted by Crippen LogP contribution is -2.67. The number of benzene rings is 1. The van der Waals surface area contributed by atoms with Crippen LogP contribution in [0.1, 0.15) is 106 Å². The van der Waals surface area contributed by atoms with Gasteiger partial charge in [0.2, 0.25) is 5.91 Å². The van der Waals surface area contributed by atoms with Crippen LogP contribution in [0.3, 0.4) is 0 Å². The highest BCUT2D eigenvalue weighted by atomic mass is 16.6. The van der Waals surface area contributed by atoms with E-state index in [1.807, 2.05) is 12.1 Å². The third-order valence-corrected chi connectivity index (χ3v) is 16.2. The fourth-order valence-electron chi connectivity index (χ4n) is 13.6.